The van der Waals surface area contributed by atoms with Crippen LogP contribution in [0.3, 0.4) is 0 Å². The van der Waals surface area contributed by atoms with Crippen LogP contribution in [0.1, 0.15) is 27.6 Å². The molecule has 0 aliphatic carbocycles. The minimum absolute atomic E-state index is 0.00169. The Morgan fingerprint density at radius 2 is 1.53 bits per heavy atom. The fraction of sp³-hybridized carbons (Fsp3) is 0.211. The Hall–Kier alpha value is -3.47. The summed E-state index contributed by atoms with van der Waals surface area (Å²) in [4.78, 5) is 35.7. The molecule has 0 aliphatic rings. The molecule has 0 atom stereocenters. The van der Waals surface area contributed by atoms with Gasteiger partial charge >= 0.3 is 0 Å². The first-order chi connectivity index (χ1) is 14.1. The van der Waals surface area contributed by atoms with E-state index in [1.54, 1.807) is 0 Å². The van der Waals surface area contributed by atoms with Crippen molar-refractivity contribution in [3.05, 3.63) is 59.4 Å². The average molecular weight is 436 g/mol. The minimum Gasteiger partial charge on any atom is -0.350 e. The number of hydrogen-bond donors (Lipinski definition) is 4. The van der Waals surface area contributed by atoms with Crippen LogP contribution in [0, 0.1) is 5.82 Å². The molecule has 0 bridgehead atoms. The Balaban J connectivity index is 2.04. The number of halogens is 1. The molecule has 4 N–H and O–H groups in total. The van der Waals surface area contributed by atoms with Crippen LogP contribution in [-0.4, -0.2) is 45.5 Å². The molecule has 2 rings (SSSR count). The van der Waals surface area contributed by atoms with Crippen molar-refractivity contribution in [3.8, 4) is 0 Å². The molecule has 0 fully saturated rings. The number of rotatable bonds is 8. The van der Waals surface area contributed by atoms with E-state index in [-0.39, 0.29) is 35.8 Å². The third-order valence-corrected chi connectivity index (χ3v) is 4.29. The summed E-state index contributed by atoms with van der Waals surface area (Å²) in [6, 6.07) is 9.60. The third kappa shape index (κ3) is 6.85. The molecule has 0 heterocycles. The molecule has 2 aromatic carbocycles. The zero-order chi connectivity index (χ0) is 22.3. The van der Waals surface area contributed by atoms with Gasteiger partial charge < -0.3 is 16.0 Å². The van der Waals surface area contributed by atoms with Crippen LogP contribution in [0.4, 0.5) is 15.8 Å². The van der Waals surface area contributed by atoms with Gasteiger partial charge in [0.1, 0.15) is 5.82 Å². The first kappa shape index (κ1) is 22.8. The normalized spacial score (nSPS) is 10.8. The fourth-order valence-corrected chi connectivity index (χ4v) is 3.07. The van der Waals surface area contributed by atoms with E-state index >= 15 is 0 Å². The average Bonchev–Trinajstić information content (AvgIpc) is 2.65. The zero-order valence-corrected chi connectivity index (χ0v) is 17.1. The van der Waals surface area contributed by atoms with Gasteiger partial charge in [0.25, 0.3) is 11.8 Å². The van der Waals surface area contributed by atoms with Crippen LogP contribution in [0.25, 0.3) is 0 Å². The van der Waals surface area contributed by atoms with E-state index in [2.05, 4.69) is 20.7 Å². The van der Waals surface area contributed by atoms with Crippen molar-refractivity contribution in [3.63, 3.8) is 0 Å². The lowest BCUT2D eigenvalue weighted by Crippen LogP contribution is -2.35. The minimum atomic E-state index is -3.65. The fourth-order valence-electron chi connectivity index (χ4n) is 2.49. The molecular formula is C19H21FN4O5S. The van der Waals surface area contributed by atoms with Gasteiger partial charge in [-0.2, -0.15) is 0 Å². The molecule has 0 spiro atoms. The van der Waals surface area contributed by atoms with Gasteiger partial charge in [0.05, 0.1) is 23.1 Å². The molecule has 3 amide bonds. The second-order valence-corrected chi connectivity index (χ2v) is 8.06. The first-order valence-electron chi connectivity index (χ1n) is 8.77. The summed E-state index contributed by atoms with van der Waals surface area (Å²) >= 11 is 0. The molecule has 0 aliphatic heterocycles. The molecule has 0 radical (unpaired) electrons. The van der Waals surface area contributed by atoms with Gasteiger partial charge in [-0.3, -0.25) is 19.1 Å². The summed E-state index contributed by atoms with van der Waals surface area (Å²) in [6.07, 6.45) is 0.939. The summed E-state index contributed by atoms with van der Waals surface area (Å²) in [5.74, 6) is -2.28. The molecule has 0 saturated heterocycles. The Morgan fingerprint density at radius 1 is 0.933 bits per heavy atom. The highest BCUT2D eigenvalue weighted by Gasteiger charge is 2.16. The largest absolute Gasteiger partial charge is 0.350 e. The van der Waals surface area contributed by atoms with Crippen molar-refractivity contribution in [2.75, 3.05) is 29.4 Å². The lowest BCUT2D eigenvalue weighted by Gasteiger charge is -2.13. The molecule has 9 nitrogen and oxygen atoms in total. The second kappa shape index (κ2) is 9.83. The topological polar surface area (TPSA) is 133 Å². The first-order valence-corrected chi connectivity index (χ1v) is 10.7. The smallest absolute Gasteiger partial charge is 0.254 e. The monoisotopic (exact) mass is 436 g/mol. The van der Waals surface area contributed by atoms with E-state index in [9.17, 15) is 27.2 Å². The number of amides is 3. The third-order valence-electron chi connectivity index (χ3n) is 3.69. The highest BCUT2D eigenvalue weighted by Crippen LogP contribution is 2.21. The van der Waals surface area contributed by atoms with E-state index in [0.29, 0.717) is 5.69 Å². The van der Waals surface area contributed by atoms with E-state index < -0.39 is 27.7 Å². The molecule has 0 saturated carbocycles. The molecule has 2 aromatic rings. The van der Waals surface area contributed by atoms with E-state index in [1.165, 1.54) is 43.3 Å². The number of carbonyl (C=O) groups is 3. The van der Waals surface area contributed by atoms with E-state index in [0.717, 1.165) is 12.3 Å². The summed E-state index contributed by atoms with van der Waals surface area (Å²) in [7, 11) is -3.65. The van der Waals surface area contributed by atoms with Gasteiger partial charge in [-0.15, -0.1) is 0 Å². The van der Waals surface area contributed by atoms with Gasteiger partial charge in [-0.25, -0.2) is 12.8 Å². The van der Waals surface area contributed by atoms with Crippen LogP contribution in [-0.2, 0) is 14.8 Å². The highest BCUT2D eigenvalue weighted by molar-refractivity contribution is 7.92. The molecule has 0 aromatic heterocycles. The van der Waals surface area contributed by atoms with Crippen molar-refractivity contribution >= 4 is 39.1 Å². The maximum Gasteiger partial charge on any atom is 0.254 e. The van der Waals surface area contributed by atoms with Crippen molar-refractivity contribution in [2.24, 2.45) is 0 Å². The zero-order valence-electron chi connectivity index (χ0n) is 16.3. The van der Waals surface area contributed by atoms with Crippen LogP contribution < -0.4 is 20.7 Å². The van der Waals surface area contributed by atoms with E-state index in [4.69, 9.17) is 0 Å². The lowest BCUT2D eigenvalue weighted by atomic mass is 10.1. The molecule has 30 heavy (non-hydrogen) atoms. The summed E-state index contributed by atoms with van der Waals surface area (Å²) < 4.78 is 38.9. The summed E-state index contributed by atoms with van der Waals surface area (Å²) in [5.41, 5.74) is 0.192. The number of hydrogen-bond acceptors (Lipinski definition) is 5. The maximum absolute atomic E-state index is 13.6. The predicted octanol–water partition coefficient (Wildman–Crippen LogP) is 1.32. The number of nitrogens with one attached hydrogen (secondary N) is 4. The Labute approximate surface area is 173 Å². The molecule has 160 valence electrons. The molecule has 11 heteroatoms. The van der Waals surface area contributed by atoms with Gasteiger partial charge in [0.15, 0.2) is 0 Å². The second-order valence-electron chi connectivity index (χ2n) is 6.31. The standard InChI is InChI=1S/C19H21FN4O5S/c1-12(25)23-13-7-8-17(24-30(2,28)29)15(11-13)19(27)22-10-9-21-18(26)14-5-3-4-6-16(14)20/h3-8,11,24H,9-10H2,1-2H3,(H,21,26)(H,22,27)(H,23,25). The lowest BCUT2D eigenvalue weighted by molar-refractivity contribution is -0.114. The predicted molar refractivity (Wildman–Crippen MR) is 110 cm³/mol. The van der Waals surface area contributed by atoms with Gasteiger partial charge in [0, 0.05) is 25.7 Å². The Morgan fingerprint density at radius 3 is 2.10 bits per heavy atom. The maximum atomic E-state index is 13.6. The highest BCUT2D eigenvalue weighted by atomic mass is 32.2. The number of sulfonamides is 1. The number of benzene rings is 2. The Bertz CT molecular complexity index is 1070. The summed E-state index contributed by atoms with van der Waals surface area (Å²) in [6.45, 7) is 1.31. The number of carbonyl (C=O) groups excluding carboxylic acids is 3. The van der Waals surface area contributed by atoms with Crippen LogP contribution in [0.2, 0.25) is 0 Å². The van der Waals surface area contributed by atoms with Crippen molar-refractivity contribution in [1.29, 1.82) is 0 Å². The van der Waals surface area contributed by atoms with Crippen LogP contribution in [0.5, 0.6) is 0 Å². The van der Waals surface area contributed by atoms with Gasteiger partial charge in [0.2, 0.25) is 15.9 Å². The summed E-state index contributed by atoms with van der Waals surface area (Å²) in [5, 5.41) is 7.51. The van der Waals surface area contributed by atoms with Crippen LogP contribution >= 0.6 is 0 Å². The van der Waals surface area contributed by atoms with Gasteiger partial charge in [-0.1, -0.05) is 12.1 Å². The van der Waals surface area contributed by atoms with E-state index in [1.807, 2.05) is 0 Å². The van der Waals surface area contributed by atoms with Crippen LogP contribution in [0.15, 0.2) is 42.5 Å². The van der Waals surface area contributed by atoms with Gasteiger partial charge in [-0.05, 0) is 30.3 Å². The van der Waals surface area contributed by atoms with Crippen molar-refractivity contribution in [2.45, 2.75) is 6.92 Å². The van der Waals surface area contributed by atoms with Crippen molar-refractivity contribution in [1.82, 2.24) is 10.6 Å². The Kier molecular flexibility index (Phi) is 7.48. The quantitative estimate of drug-likeness (QED) is 0.463. The molecular weight excluding hydrogens is 415 g/mol. The molecule has 0 unspecified atom stereocenters. The van der Waals surface area contributed by atoms with Crippen molar-refractivity contribution < 1.29 is 27.2 Å². The SMILES string of the molecule is CC(=O)Nc1ccc(NS(C)(=O)=O)c(C(=O)NCCNC(=O)c2ccccc2F)c1. The number of anilines is 2.